The number of carbonyl (C=O) groups excluding carboxylic acids is 1. The zero-order chi connectivity index (χ0) is 20.5. The zero-order valence-electron chi connectivity index (χ0n) is 15.1. The highest BCUT2D eigenvalue weighted by molar-refractivity contribution is 7.18. The second-order valence-electron chi connectivity index (χ2n) is 6.40. The molecule has 1 aliphatic rings. The first-order valence-corrected chi connectivity index (χ1v) is 9.44. The van der Waals surface area contributed by atoms with E-state index in [4.69, 9.17) is 4.74 Å². The minimum atomic E-state index is -0.929. The number of anilines is 1. The van der Waals surface area contributed by atoms with Crippen molar-refractivity contribution in [3.63, 3.8) is 0 Å². The maximum atomic E-state index is 14.5. The van der Waals surface area contributed by atoms with E-state index >= 15 is 0 Å². The topological polar surface area (TPSA) is 76.1 Å². The lowest BCUT2D eigenvalue weighted by atomic mass is 9.93. The van der Waals surface area contributed by atoms with Crippen molar-refractivity contribution >= 4 is 22.4 Å². The van der Waals surface area contributed by atoms with Crippen molar-refractivity contribution < 1.29 is 22.7 Å². The second-order valence-corrected chi connectivity index (χ2v) is 7.38. The van der Waals surface area contributed by atoms with Gasteiger partial charge in [0.2, 0.25) is 11.0 Å². The fourth-order valence-corrected chi connectivity index (χ4v) is 4.00. The Labute approximate surface area is 167 Å². The molecule has 0 spiro atoms. The van der Waals surface area contributed by atoms with Crippen LogP contribution in [-0.2, 0) is 4.79 Å². The highest BCUT2D eigenvalue weighted by Crippen LogP contribution is 2.34. The number of hydrogen-bond donors (Lipinski definition) is 2. The lowest BCUT2D eigenvalue weighted by Gasteiger charge is -2.19. The van der Waals surface area contributed by atoms with E-state index in [0.29, 0.717) is 15.7 Å². The summed E-state index contributed by atoms with van der Waals surface area (Å²) in [5.41, 5.74) is 0.460. The van der Waals surface area contributed by atoms with Crippen molar-refractivity contribution in [1.82, 2.24) is 15.5 Å². The van der Waals surface area contributed by atoms with E-state index in [1.165, 1.54) is 19.2 Å². The summed E-state index contributed by atoms with van der Waals surface area (Å²) in [5.74, 6) is -3.09. The van der Waals surface area contributed by atoms with Crippen molar-refractivity contribution in [3.05, 3.63) is 59.4 Å². The minimum Gasteiger partial charge on any atom is -0.497 e. The number of aromatic nitrogens is 2. The molecule has 1 amide bonds. The van der Waals surface area contributed by atoms with E-state index in [2.05, 4.69) is 20.8 Å². The van der Waals surface area contributed by atoms with Gasteiger partial charge in [-0.25, -0.2) is 13.2 Å². The quantitative estimate of drug-likeness (QED) is 0.662. The van der Waals surface area contributed by atoms with Crippen LogP contribution in [0.5, 0.6) is 5.75 Å². The Balaban J connectivity index is 1.59. The van der Waals surface area contributed by atoms with E-state index in [1.54, 1.807) is 12.1 Å². The van der Waals surface area contributed by atoms with Crippen LogP contribution in [0.2, 0.25) is 0 Å². The van der Waals surface area contributed by atoms with Crippen molar-refractivity contribution in [2.24, 2.45) is 0 Å². The van der Waals surface area contributed by atoms with E-state index < -0.39 is 29.5 Å². The molecule has 1 aromatic heterocycles. The maximum absolute atomic E-state index is 14.5. The van der Waals surface area contributed by atoms with Gasteiger partial charge in [0, 0.05) is 35.7 Å². The number of carbonyl (C=O) groups is 1. The lowest BCUT2D eigenvalue weighted by Crippen LogP contribution is -2.33. The van der Waals surface area contributed by atoms with Gasteiger partial charge in [0.15, 0.2) is 0 Å². The van der Waals surface area contributed by atoms with Crippen LogP contribution in [0.4, 0.5) is 18.3 Å². The van der Waals surface area contributed by atoms with E-state index in [-0.39, 0.29) is 23.7 Å². The molecule has 150 valence electrons. The molecule has 2 aromatic carbocycles. The number of hydrogen-bond acceptors (Lipinski definition) is 6. The summed E-state index contributed by atoms with van der Waals surface area (Å²) in [5, 5.41) is 14.4. The molecule has 2 heterocycles. The van der Waals surface area contributed by atoms with Gasteiger partial charge >= 0.3 is 0 Å². The van der Waals surface area contributed by atoms with Gasteiger partial charge in [0.05, 0.1) is 7.11 Å². The molecule has 3 aromatic rings. The Bertz CT molecular complexity index is 1030. The molecule has 10 heteroatoms. The van der Waals surface area contributed by atoms with E-state index in [0.717, 1.165) is 23.5 Å². The van der Waals surface area contributed by atoms with Crippen LogP contribution < -0.4 is 15.4 Å². The molecule has 1 aliphatic heterocycles. The summed E-state index contributed by atoms with van der Waals surface area (Å²) >= 11 is 1.15. The number of ether oxygens (including phenoxy) is 1. The molecule has 0 aliphatic carbocycles. The lowest BCUT2D eigenvalue weighted by molar-refractivity contribution is -0.119. The molecular weight excluding hydrogens is 405 g/mol. The molecule has 0 radical (unpaired) electrons. The SMILES string of the molecule is COc1cc(F)c(C2CNC(=O)C2Nc2nnc(-c3ccc(F)cc3)s2)c(F)c1. The van der Waals surface area contributed by atoms with Crippen LogP contribution in [-0.4, -0.2) is 35.8 Å². The molecular formula is C19H15F3N4O2S. The van der Waals surface area contributed by atoms with Crippen molar-refractivity contribution in [3.8, 4) is 16.3 Å². The highest BCUT2D eigenvalue weighted by atomic mass is 32.1. The van der Waals surface area contributed by atoms with Crippen LogP contribution >= 0.6 is 11.3 Å². The summed E-state index contributed by atoms with van der Waals surface area (Å²) in [6.45, 7) is 0.0697. The number of halogens is 3. The number of nitrogens with one attached hydrogen (secondary N) is 2. The molecule has 2 unspecified atom stereocenters. The predicted octanol–water partition coefficient (Wildman–Crippen LogP) is 3.33. The van der Waals surface area contributed by atoms with Gasteiger partial charge in [-0.1, -0.05) is 11.3 Å². The van der Waals surface area contributed by atoms with Crippen molar-refractivity contribution in [2.45, 2.75) is 12.0 Å². The van der Waals surface area contributed by atoms with Crippen LogP contribution in [0.1, 0.15) is 11.5 Å². The van der Waals surface area contributed by atoms with E-state index in [1.807, 2.05) is 0 Å². The number of amides is 1. The third-order valence-corrected chi connectivity index (χ3v) is 5.54. The molecule has 29 heavy (non-hydrogen) atoms. The van der Waals surface area contributed by atoms with Crippen molar-refractivity contribution in [2.75, 3.05) is 19.0 Å². The normalized spacial score (nSPS) is 18.6. The summed E-state index contributed by atoms with van der Waals surface area (Å²) < 4.78 is 47.0. The molecule has 2 atom stereocenters. The zero-order valence-corrected chi connectivity index (χ0v) is 15.9. The monoisotopic (exact) mass is 420 g/mol. The van der Waals surface area contributed by atoms with Gasteiger partial charge in [0.25, 0.3) is 0 Å². The maximum Gasteiger partial charge on any atom is 0.243 e. The first kappa shape index (κ1) is 19.2. The molecule has 1 saturated heterocycles. The third-order valence-electron chi connectivity index (χ3n) is 4.64. The summed E-state index contributed by atoms with van der Waals surface area (Å²) in [6, 6.07) is 6.96. The Morgan fingerprint density at radius 2 is 1.83 bits per heavy atom. The largest absolute Gasteiger partial charge is 0.497 e. The average Bonchev–Trinajstić information content (AvgIpc) is 3.30. The fourth-order valence-electron chi connectivity index (χ4n) is 3.21. The standard InChI is InChI=1S/C19H15F3N4O2S/c1-28-11-6-13(21)15(14(22)7-11)12-8-23-17(27)16(12)24-19-26-25-18(29-19)9-2-4-10(20)5-3-9/h2-7,12,16H,8H2,1H3,(H,23,27)(H,24,26). The molecule has 4 rings (SSSR count). The second kappa shape index (κ2) is 7.70. The van der Waals surface area contributed by atoms with E-state index in [9.17, 15) is 18.0 Å². The van der Waals surface area contributed by atoms with Crippen LogP contribution in [0.25, 0.3) is 10.6 Å². The summed E-state index contributed by atoms with van der Waals surface area (Å²) in [4.78, 5) is 12.3. The van der Waals surface area contributed by atoms with Crippen LogP contribution in [0, 0.1) is 17.5 Å². The van der Waals surface area contributed by atoms with Gasteiger partial charge < -0.3 is 15.4 Å². The first-order valence-electron chi connectivity index (χ1n) is 8.63. The Morgan fingerprint density at radius 3 is 2.48 bits per heavy atom. The Hall–Kier alpha value is -3.14. The summed E-state index contributed by atoms with van der Waals surface area (Å²) in [6.07, 6.45) is 0. The fraction of sp³-hybridized carbons (Fsp3) is 0.211. The molecule has 2 N–H and O–H groups in total. The number of nitrogens with zero attached hydrogens (tertiary/aromatic N) is 2. The third kappa shape index (κ3) is 3.75. The molecule has 0 saturated carbocycles. The highest BCUT2D eigenvalue weighted by Gasteiger charge is 2.39. The molecule has 6 nitrogen and oxygen atoms in total. The Morgan fingerprint density at radius 1 is 1.14 bits per heavy atom. The summed E-state index contributed by atoms with van der Waals surface area (Å²) in [7, 11) is 1.31. The van der Waals surface area contributed by atoms with Crippen LogP contribution in [0.15, 0.2) is 36.4 Å². The number of benzene rings is 2. The van der Waals surface area contributed by atoms with Gasteiger partial charge in [-0.3, -0.25) is 4.79 Å². The van der Waals surface area contributed by atoms with Crippen molar-refractivity contribution in [1.29, 1.82) is 0 Å². The minimum absolute atomic E-state index is 0.0543. The Kier molecular flexibility index (Phi) is 5.10. The predicted molar refractivity (Wildman–Crippen MR) is 101 cm³/mol. The van der Waals surface area contributed by atoms with Gasteiger partial charge in [-0.05, 0) is 24.3 Å². The number of rotatable bonds is 5. The number of methoxy groups -OCH3 is 1. The first-order chi connectivity index (χ1) is 14.0. The average molecular weight is 420 g/mol. The van der Waals surface area contributed by atoms with Gasteiger partial charge in [-0.2, -0.15) is 0 Å². The molecule has 1 fully saturated rings. The molecule has 0 bridgehead atoms. The van der Waals surface area contributed by atoms with Gasteiger partial charge in [-0.15, -0.1) is 10.2 Å². The van der Waals surface area contributed by atoms with Gasteiger partial charge in [0.1, 0.15) is 34.3 Å². The van der Waals surface area contributed by atoms with Crippen LogP contribution in [0.3, 0.4) is 0 Å². The smallest absolute Gasteiger partial charge is 0.243 e.